The Labute approximate surface area is 152 Å². The van der Waals surface area contributed by atoms with Gasteiger partial charge in [0.25, 0.3) is 0 Å². The van der Waals surface area contributed by atoms with Gasteiger partial charge in [-0.2, -0.15) is 0 Å². The van der Waals surface area contributed by atoms with Crippen LogP contribution in [0.2, 0.25) is 0 Å². The van der Waals surface area contributed by atoms with E-state index >= 15 is 0 Å². The maximum absolute atomic E-state index is 12.4. The lowest BCUT2D eigenvalue weighted by atomic mass is 10.1. The number of nitrogens with zero attached hydrogens (tertiary/aromatic N) is 2. The molecular weight excluding hydrogens is 338 g/mol. The van der Waals surface area contributed by atoms with Crippen LogP contribution in [0.4, 0.5) is 9.59 Å². The molecule has 1 aliphatic rings. The van der Waals surface area contributed by atoms with Gasteiger partial charge < -0.3 is 20.1 Å². The van der Waals surface area contributed by atoms with Crippen LogP contribution in [0.15, 0.2) is 30.3 Å². The molecule has 2 N–H and O–H groups in total. The van der Waals surface area contributed by atoms with E-state index < -0.39 is 29.7 Å². The highest BCUT2D eigenvalue weighted by atomic mass is 16.6. The Hall–Kier alpha value is -2.77. The average molecular weight is 363 g/mol. The summed E-state index contributed by atoms with van der Waals surface area (Å²) in [6, 6.07) is 8.26. The fraction of sp³-hybridized carbons (Fsp3) is 0.500. The SMILES string of the molecule is CC(C)(C)OC(=O)N1CCN(C(=O)OCc2ccccc2)[C@@H](C(N)=O)C1. The Kier molecular flexibility index (Phi) is 6.07. The minimum Gasteiger partial charge on any atom is -0.445 e. The minimum absolute atomic E-state index is 0.0231. The third kappa shape index (κ3) is 5.37. The van der Waals surface area contributed by atoms with Gasteiger partial charge in [-0.05, 0) is 26.3 Å². The molecule has 0 spiro atoms. The molecule has 1 fully saturated rings. The monoisotopic (exact) mass is 363 g/mol. The van der Waals surface area contributed by atoms with Crippen molar-refractivity contribution in [2.24, 2.45) is 5.73 Å². The van der Waals surface area contributed by atoms with Gasteiger partial charge in [0.05, 0.1) is 6.54 Å². The van der Waals surface area contributed by atoms with Gasteiger partial charge in [0.15, 0.2) is 0 Å². The van der Waals surface area contributed by atoms with Crippen LogP contribution in [0.25, 0.3) is 0 Å². The zero-order chi connectivity index (χ0) is 19.3. The van der Waals surface area contributed by atoms with Gasteiger partial charge in [-0.15, -0.1) is 0 Å². The molecule has 26 heavy (non-hydrogen) atoms. The van der Waals surface area contributed by atoms with E-state index in [1.54, 1.807) is 20.8 Å². The molecule has 0 radical (unpaired) electrons. The number of ether oxygens (including phenoxy) is 2. The Morgan fingerprint density at radius 1 is 1.12 bits per heavy atom. The normalized spacial score (nSPS) is 17.6. The number of amides is 3. The topological polar surface area (TPSA) is 102 Å². The van der Waals surface area contributed by atoms with E-state index in [1.807, 2.05) is 30.3 Å². The summed E-state index contributed by atoms with van der Waals surface area (Å²) in [6.07, 6.45) is -1.18. The summed E-state index contributed by atoms with van der Waals surface area (Å²) >= 11 is 0. The van der Waals surface area contributed by atoms with Crippen LogP contribution in [-0.4, -0.2) is 59.2 Å². The molecule has 8 nitrogen and oxygen atoms in total. The maximum Gasteiger partial charge on any atom is 0.410 e. The number of hydrogen-bond donors (Lipinski definition) is 1. The van der Waals surface area contributed by atoms with Gasteiger partial charge in [-0.1, -0.05) is 30.3 Å². The van der Waals surface area contributed by atoms with E-state index in [-0.39, 0.29) is 26.2 Å². The number of carbonyl (C=O) groups excluding carboxylic acids is 3. The first kappa shape index (κ1) is 19.6. The van der Waals surface area contributed by atoms with Crippen LogP contribution >= 0.6 is 0 Å². The van der Waals surface area contributed by atoms with E-state index in [4.69, 9.17) is 15.2 Å². The van der Waals surface area contributed by atoms with E-state index in [1.165, 1.54) is 9.80 Å². The zero-order valence-electron chi connectivity index (χ0n) is 15.3. The van der Waals surface area contributed by atoms with Crippen LogP contribution in [0, 0.1) is 0 Å². The van der Waals surface area contributed by atoms with Gasteiger partial charge in [-0.3, -0.25) is 9.69 Å². The first-order valence-corrected chi connectivity index (χ1v) is 8.42. The molecular formula is C18H25N3O5. The van der Waals surface area contributed by atoms with Crippen LogP contribution in [0.5, 0.6) is 0 Å². The largest absolute Gasteiger partial charge is 0.445 e. The molecule has 0 unspecified atom stereocenters. The van der Waals surface area contributed by atoms with Gasteiger partial charge in [0, 0.05) is 13.1 Å². The lowest BCUT2D eigenvalue weighted by Crippen LogP contribution is -2.61. The number of hydrogen-bond acceptors (Lipinski definition) is 5. The van der Waals surface area contributed by atoms with Crippen molar-refractivity contribution in [3.63, 3.8) is 0 Å². The predicted molar refractivity (Wildman–Crippen MR) is 94.1 cm³/mol. The number of primary amides is 1. The summed E-state index contributed by atoms with van der Waals surface area (Å²) < 4.78 is 10.6. The first-order valence-electron chi connectivity index (χ1n) is 8.42. The Morgan fingerprint density at radius 3 is 2.35 bits per heavy atom. The molecule has 0 aliphatic carbocycles. The summed E-state index contributed by atoms with van der Waals surface area (Å²) in [4.78, 5) is 39.0. The number of rotatable bonds is 3. The Balaban J connectivity index is 1.98. The quantitative estimate of drug-likeness (QED) is 0.881. The second-order valence-electron chi connectivity index (χ2n) is 7.08. The van der Waals surface area contributed by atoms with Gasteiger partial charge in [0.1, 0.15) is 18.2 Å². The fourth-order valence-corrected chi connectivity index (χ4v) is 2.54. The highest BCUT2D eigenvalue weighted by Gasteiger charge is 2.38. The van der Waals surface area contributed by atoms with Gasteiger partial charge >= 0.3 is 12.2 Å². The first-order chi connectivity index (χ1) is 12.2. The van der Waals surface area contributed by atoms with E-state index in [9.17, 15) is 14.4 Å². The lowest BCUT2D eigenvalue weighted by Gasteiger charge is -2.39. The number of carbonyl (C=O) groups is 3. The molecule has 0 saturated carbocycles. The van der Waals surface area contributed by atoms with Crippen molar-refractivity contribution in [2.75, 3.05) is 19.6 Å². The minimum atomic E-state index is -0.959. The summed E-state index contributed by atoms with van der Waals surface area (Å²) in [7, 11) is 0. The van der Waals surface area contributed by atoms with Crippen LogP contribution in [0.1, 0.15) is 26.3 Å². The van der Waals surface area contributed by atoms with E-state index in [0.717, 1.165) is 5.56 Å². The molecule has 1 atom stereocenters. The molecule has 142 valence electrons. The molecule has 1 heterocycles. The van der Waals surface area contributed by atoms with Gasteiger partial charge in [-0.25, -0.2) is 9.59 Å². The van der Waals surface area contributed by atoms with Crippen LogP contribution in [0.3, 0.4) is 0 Å². The molecule has 0 aromatic heterocycles. The number of nitrogens with two attached hydrogens (primary N) is 1. The van der Waals surface area contributed by atoms with Crippen molar-refractivity contribution in [3.8, 4) is 0 Å². The lowest BCUT2D eigenvalue weighted by molar-refractivity contribution is -0.124. The molecule has 1 saturated heterocycles. The summed E-state index contributed by atoms with van der Waals surface area (Å²) in [6.45, 7) is 5.72. The summed E-state index contributed by atoms with van der Waals surface area (Å²) in [5.74, 6) is -0.699. The van der Waals surface area contributed by atoms with Crippen molar-refractivity contribution in [2.45, 2.75) is 39.0 Å². The van der Waals surface area contributed by atoms with Crippen LogP contribution < -0.4 is 5.73 Å². The maximum atomic E-state index is 12.4. The number of benzene rings is 1. The Bertz CT molecular complexity index is 657. The van der Waals surface area contributed by atoms with Crippen molar-refractivity contribution in [1.29, 1.82) is 0 Å². The fourth-order valence-electron chi connectivity index (χ4n) is 2.54. The van der Waals surface area contributed by atoms with E-state index in [2.05, 4.69) is 0 Å². The molecule has 3 amide bonds. The van der Waals surface area contributed by atoms with Crippen molar-refractivity contribution in [3.05, 3.63) is 35.9 Å². The summed E-state index contributed by atoms with van der Waals surface area (Å²) in [5.41, 5.74) is 5.61. The average Bonchev–Trinajstić information content (AvgIpc) is 2.58. The molecule has 1 aliphatic heterocycles. The van der Waals surface area contributed by atoms with Crippen molar-refractivity contribution >= 4 is 18.1 Å². The molecule has 1 aromatic rings. The van der Waals surface area contributed by atoms with Gasteiger partial charge in [0.2, 0.25) is 5.91 Å². The third-order valence-electron chi connectivity index (χ3n) is 3.80. The molecule has 1 aromatic carbocycles. The standard InChI is InChI=1S/C18H25N3O5/c1-18(2,3)26-16(23)20-9-10-21(14(11-20)15(19)22)17(24)25-12-13-7-5-4-6-8-13/h4-8,14H,9-12H2,1-3H3,(H2,19,22)/t14-/m1/s1. The third-order valence-corrected chi connectivity index (χ3v) is 3.80. The Morgan fingerprint density at radius 2 is 1.77 bits per heavy atom. The second kappa shape index (κ2) is 8.07. The number of piperazine rings is 1. The van der Waals surface area contributed by atoms with E-state index in [0.29, 0.717) is 0 Å². The second-order valence-corrected chi connectivity index (χ2v) is 7.08. The van der Waals surface area contributed by atoms with Crippen LogP contribution in [-0.2, 0) is 20.9 Å². The highest BCUT2D eigenvalue weighted by Crippen LogP contribution is 2.16. The van der Waals surface area contributed by atoms with Crippen molar-refractivity contribution < 1.29 is 23.9 Å². The molecule has 8 heteroatoms. The molecule has 0 bridgehead atoms. The summed E-state index contributed by atoms with van der Waals surface area (Å²) in [5, 5.41) is 0. The highest BCUT2D eigenvalue weighted by molar-refractivity contribution is 5.85. The predicted octanol–water partition coefficient (Wildman–Crippen LogP) is 1.73. The smallest absolute Gasteiger partial charge is 0.410 e. The molecule has 2 rings (SSSR count). The zero-order valence-corrected chi connectivity index (χ0v) is 15.3. The van der Waals surface area contributed by atoms with Crippen molar-refractivity contribution in [1.82, 2.24) is 9.80 Å².